The van der Waals surface area contributed by atoms with Gasteiger partial charge in [0.05, 0.1) is 17.2 Å². The van der Waals surface area contributed by atoms with Crippen LogP contribution in [0.4, 0.5) is 0 Å². The van der Waals surface area contributed by atoms with Crippen LogP contribution in [0.5, 0.6) is 0 Å². The molecular formula is C20H27ClN4O. The number of benzene rings is 1. The number of fused-ring (bicyclic) bond motifs is 1. The van der Waals surface area contributed by atoms with E-state index in [9.17, 15) is 0 Å². The number of H-pyrrole nitrogens is 1. The molecule has 3 aromatic rings. The van der Waals surface area contributed by atoms with Gasteiger partial charge in [0.15, 0.2) is 0 Å². The second-order valence-corrected chi connectivity index (χ2v) is 6.86. The molecule has 2 aromatic heterocycles. The van der Waals surface area contributed by atoms with Gasteiger partial charge in [0.2, 0.25) is 0 Å². The number of halogens is 1. The third-order valence-electron chi connectivity index (χ3n) is 5.11. The summed E-state index contributed by atoms with van der Waals surface area (Å²) in [4.78, 5) is 12.9. The van der Waals surface area contributed by atoms with Crippen LogP contribution in [0.25, 0.3) is 11.0 Å². The first kappa shape index (κ1) is 20.4. The van der Waals surface area contributed by atoms with Crippen molar-refractivity contribution >= 4 is 23.4 Å². The molecule has 4 rings (SSSR count). The van der Waals surface area contributed by atoms with Gasteiger partial charge >= 0.3 is 0 Å². The molecule has 0 amide bonds. The lowest BCUT2D eigenvalue weighted by Gasteiger charge is -2.34. The summed E-state index contributed by atoms with van der Waals surface area (Å²) in [5.41, 5.74) is 4.75. The summed E-state index contributed by atoms with van der Waals surface area (Å²) in [6.45, 7) is 4.43. The number of aromatic amines is 1. The maximum absolute atomic E-state index is 4.92. The van der Waals surface area contributed by atoms with Crippen molar-refractivity contribution < 1.29 is 5.48 Å². The van der Waals surface area contributed by atoms with E-state index >= 15 is 0 Å². The van der Waals surface area contributed by atoms with Gasteiger partial charge in [-0.25, -0.2) is 9.97 Å². The number of aromatic nitrogens is 3. The van der Waals surface area contributed by atoms with Crippen molar-refractivity contribution in [3.63, 3.8) is 0 Å². The maximum Gasteiger partial charge on any atom is 0.132 e. The average Bonchev–Trinajstić information content (AvgIpc) is 3.04. The standard InChI is InChI=1S/C20H24N4.ClH.H2O/c1-3-14-11-21-18-12-22-20(24-19(14)18)16-9-13(2)23-17(10-16)15-7-5-4-6-8-15;;/h4-8,11-13,16-17,21,23H,3,9-10H2,1-2H3;1H;1H2. The molecule has 0 spiro atoms. The second-order valence-electron chi connectivity index (χ2n) is 6.86. The Morgan fingerprint density at radius 3 is 2.65 bits per heavy atom. The quantitative estimate of drug-likeness (QED) is 0.732. The Kier molecular flexibility index (Phi) is 6.75. The first-order chi connectivity index (χ1) is 11.7. The highest BCUT2D eigenvalue weighted by Gasteiger charge is 2.29. The Balaban J connectivity index is 0.00000121. The van der Waals surface area contributed by atoms with E-state index in [-0.39, 0.29) is 17.9 Å². The fourth-order valence-electron chi connectivity index (χ4n) is 3.86. The third kappa shape index (κ3) is 3.90. The summed E-state index contributed by atoms with van der Waals surface area (Å²) >= 11 is 0. The summed E-state index contributed by atoms with van der Waals surface area (Å²) in [5, 5.41) is 3.73. The molecule has 0 saturated carbocycles. The Morgan fingerprint density at radius 2 is 1.92 bits per heavy atom. The SMILES string of the molecule is CCc1c[nH]c2cnc(C3CC(C)NC(c4ccccc4)C3)nc12.Cl.O. The van der Waals surface area contributed by atoms with Crippen LogP contribution in [0, 0.1) is 0 Å². The minimum absolute atomic E-state index is 0. The molecule has 3 atom stereocenters. The molecule has 3 heterocycles. The van der Waals surface area contributed by atoms with Gasteiger partial charge in [-0.3, -0.25) is 0 Å². The van der Waals surface area contributed by atoms with E-state index in [0.717, 1.165) is 36.1 Å². The number of rotatable bonds is 3. The van der Waals surface area contributed by atoms with Gasteiger partial charge in [0.25, 0.3) is 0 Å². The van der Waals surface area contributed by atoms with E-state index in [2.05, 4.69) is 65.7 Å². The summed E-state index contributed by atoms with van der Waals surface area (Å²) < 4.78 is 0. The van der Waals surface area contributed by atoms with Gasteiger partial charge in [-0.15, -0.1) is 12.4 Å². The highest BCUT2D eigenvalue weighted by Crippen LogP contribution is 2.35. The maximum atomic E-state index is 4.92. The lowest BCUT2D eigenvalue weighted by Crippen LogP contribution is -2.38. The molecule has 0 aliphatic carbocycles. The number of aryl methyl sites for hydroxylation is 1. The van der Waals surface area contributed by atoms with Crippen LogP contribution in [0.15, 0.2) is 42.7 Å². The molecule has 1 aliphatic rings. The van der Waals surface area contributed by atoms with Crippen molar-refractivity contribution in [2.45, 2.75) is 51.1 Å². The van der Waals surface area contributed by atoms with Crippen molar-refractivity contribution in [1.29, 1.82) is 0 Å². The van der Waals surface area contributed by atoms with Crippen LogP contribution in [-0.2, 0) is 6.42 Å². The zero-order chi connectivity index (χ0) is 16.5. The van der Waals surface area contributed by atoms with Crippen LogP contribution in [0.3, 0.4) is 0 Å². The van der Waals surface area contributed by atoms with Crippen LogP contribution in [-0.4, -0.2) is 26.5 Å². The molecule has 26 heavy (non-hydrogen) atoms. The van der Waals surface area contributed by atoms with Crippen molar-refractivity contribution in [3.8, 4) is 0 Å². The Hall–Kier alpha value is -1.95. The van der Waals surface area contributed by atoms with Crippen LogP contribution in [0.1, 0.15) is 55.6 Å². The molecule has 1 fully saturated rings. The van der Waals surface area contributed by atoms with E-state index in [1.807, 2.05) is 6.20 Å². The smallest absolute Gasteiger partial charge is 0.132 e. The summed E-state index contributed by atoms with van der Waals surface area (Å²) in [7, 11) is 0. The zero-order valence-corrected chi connectivity index (χ0v) is 16.0. The van der Waals surface area contributed by atoms with Crippen LogP contribution >= 0.6 is 12.4 Å². The third-order valence-corrected chi connectivity index (χ3v) is 5.11. The van der Waals surface area contributed by atoms with Gasteiger partial charge in [0, 0.05) is 24.2 Å². The van der Waals surface area contributed by atoms with Gasteiger partial charge in [0.1, 0.15) is 5.82 Å². The van der Waals surface area contributed by atoms with Gasteiger partial charge < -0.3 is 15.8 Å². The molecule has 1 aromatic carbocycles. The predicted octanol–water partition coefficient (Wildman–Crippen LogP) is 3.71. The molecular weight excluding hydrogens is 348 g/mol. The highest BCUT2D eigenvalue weighted by atomic mass is 35.5. The fraction of sp³-hybridized carbons (Fsp3) is 0.400. The Bertz CT molecular complexity index is 836. The molecule has 1 aliphatic heterocycles. The van der Waals surface area contributed by atoms with Gasteiger partial charge in [-0.2, -0.15) is 0 Å². The number of nitrogens with one attached hydrogen (secondary N) is 2. The first-order valence-electron chi connectivity index (χ1n) is 8.88. The molecule has 4 N–H and O–H groups in total. The topological polar surface area (TPSA) is 85.1 Å². The lowest BCUT2D eigenvalue weighted by molar-refractivity contribution is 0.300. The number of nitrogens with zero attached hydrogens (tertiary/aromatic N) is 2. The molecule has 140 valence electrons. The van der Waals surface area contributed by atoms with Gasteiger partial charge in [-0.05, 0) is 37.3 Å². The number of hydrogen-bond donors (Lipinski definition) is 2. The van der Waals surface area contributed by atoms with E-state index < -0.39 is 0 Å². The highest BCUT2D eigenvalue weighted by molar-refractivity contribution is 5.85. The van der Waals surface area contributed by atoms with Crippen molar-refractivity contribution in [2.24, 2.45) is 0 Å². The van der Waals surface area contributed by atoms with E-state index in [0.29, 0.717) is 18.0 Å². The van der Waals surface area contributed by atoms with E-state index in [1.165, 1.54) is 11.1 Å². The minimum atomic E-state index is 0. The second kappa shape index (κ2) is 8.62. The Morgan fingerprint density at radius 1 is 1.15 bits per heavy atom. The predicted molar refractivity (Wildman–Crippen MR) is 108 cm³/mol. The lowest BCUT2D eigenvalue weighted by atomic mass is 9.85. The Labute approximate surface area is 160 Å². The molecule has 0 radical (unpaired) electrons. The summed E-state index contributed by atoms with van der Waals surface area (Å²) in [6.07, 6.45) is 7.13. The first-order valence-corrected chi connectivity index (χ1v) is 8.88. The molecule has 0 bridgehead atoms. The number of hydrogen-bond acceptors (Lipinski definition) is 3. The van der Waals surface area contributed by atoms with Crippen molar-refractivity contribution in [2.75, 3.05) is 0 Å². The molecule has 3 unspecified atom stereocenters. The van der Waals surface area contributed by atoms with Crippen molar-refractivity contribution in [3.05, 3.63) is 59.7 Å². The average molecular weight is 375 g/mol. The van der Waals surface area contributed by atoms with Crippen LogP contribution in [0.2, 0.25) is 0 Å². The van der Waals surface area contributed by atoms with E-state index in [4.69, 9.17) is 4.98 Å². The van der Waals surface area contributed by atoms with Gasteiger partial charge in [-0.1, -0.05) is 37.3 Å². The largest absolute Gasteiger partial charge is 0.412 e. The molecule has 1 saturated heterocycles. The van der Waals surface area contributed by atoms with E-state index in [1.54, 1.807) is 0 Å². The number of piperidine rings is 1. The summed E-state index contributed by atoms with van der Waals surface area (Å²) in [5.74, 6) is 1.39. The molecule has 5 nitrogen and oxygen atoms in total. The fourth-order valence-corrected chi connectivity index (χ4v) is 3.86. The molecule has 6 heteroatoms. The monoisotopic (exact) mass is 374 g/mol. The normalized spacial score (nSPS) is 22.5. The van der Waals surface area contributed by atoms with Crippen LogP contribution < -0.4 is 5.32 Å². The van der Waals surface area contributed by atoms with Crippen molar-refractivity contribution in [1.82, 2.24) is 20.3 Å². The minimum Gasteiger partial charge on any atom is -0.412 e. The zero-order valence-electron chi connectivity index (χ0n) is 15.2. The summed E-state index contributed by atoms with van der Waals surface area (Å²) in [6, 6.07) is 11.5.